The van der Waals surface area contributed by atoms with Crippen LogP contribution in [0.3, 0.4) is 0 Å². The van der Waals surface area contributed by atoms with Crippen molar-refractivity contribution in [2.75, 3.05) is 17.2 Å². The fraction of sp³-hybridized carbons (Fsp3) is 0.200. The molecule has 0 unspecified atom stereocenters. The van der Waals surface area contributed by atoms with Crippen LogP contribution in [-0.4, -0.2) is 11.5 Å². The number of hydrogen-bond donors (Lipinski definition) is 2. The molecule has 1 aliphatic rings. The minimum absolute atomic E-state index is 0.0740. The molecule has 2 aromatic rings. The molecule has 21 heavy (non-hydrogen) atoms. The molecule has 0 spiro atoms. The summed E-state index contributed by atoms with van der Waals surface area (Å²) in [6.07, 6.45) is 1.03. The van der Waals surface area contributed by atoms with Crippen molar-refractivity contribution >= 4 is 33.0 Å². The lowest BCUT2D eigenvalue weighted by Gasteiger charge is -2.11. The molecule has 0 saturated carbocycles. The van der Waals surface area contributed by atoms with E-state index < -0.39 is 0 Å². The van der Waals surface area contributed by atoms with Crippen molar-refractivity contribution in [2.24, 2.45) is 0 Å². The molecular formula is C15H14BrN3O2. The average Bonchev–Trinajstić information content (AvgIpc) is 2.94. The van der Waals surface area contributed by atoms with Crippen LogP contribution in [0.4, 0.5) is 17.1 Å². The van der Waals surface area contributed by atoms with Gasteiger partial charge in [-0.2, -0.15) is 0 Å². The Balaban J connectivity index is 1.83. The first-order chi connectivity index (χ1) is 10.1. The van der Waals surface area contributed by atoms with E-state index in [2.05, 4.69) is 32.6 Å². The highest BCUT2D eigenvalue weighted by atomic mass is 79.9. The van der Waals surface area contributed by atoms with Crippen LogP contribution in [-0.2, 0) is 13.0 Å². The lowest BCUT2D eigenvalue weighted by atomic mass is 10.1. The van der Waals surface area contributed by atoms with E-state index in [4.69, 9.17) is 0 Å². The Morgan fingerprint density at radius 3 is 3.00 bits per heavy atom. The second kappa shape index (κ2) is 5.73. The van der Waals surface area contributed by atoms with Crippen LogP contribution >= 0.6 is 15.9 Å². The molecule has 0 saturated heterocycles. The van der Waals surface area contributed by atoms with E-state index in [1.807, 2.05) is 12.1 Å². The normalized spacial score (nSPS) is 12.6. The van der Waals surface area contributed by atoms with Crippen LogP contribution in [0.1, 0.15) is 11.1 Å². The van der Waals surface area contributed by atoms with E-state index in [-0.39, 0.29) is 10.6 Å². The Morgan fingerprint density at radius 2 is 2.19 bits per heavy atom. The smallest absolute Gasteiger partial charge is 0.293 e. The van der Waals surface area contributed by atoms with Gasteiger partial charge in [0, 0.05) is 29.3 Å². The maximum absolute atomic E-state index is 11.1. The van der Waals surface area contributed by atoms with Crippen LogP contribution in [0.5, 0.6) is 0 Å². The zero-order chi connectivity index (χ0) is 14.8. The summed E-state index contributed by atoms with van der Waals surface area (Å²) in [4.78, 5) is 10.7. The summed E-state index contributed by atoms with van der Waals surface area (Å²) in [7, 11) is 0. The molecule has 108 valence electrons. The van der Waals surface area contributed by atoms with Gasteiger partial charge in [0.15, 0.2) is 0 Å². The molecule has 6 heteroatoms. The molecule has 0 atom stereocenters. The Kier molecular flexibility index (Phi) is 3.79. The van der Waals surface area contributed by atoms with Crippen molar-refractivity contribution in [1.82, 2.24) is 0 Å². The van der Waals surface area contributed by atoms with Gasteiger partial charge in [-0.1, -0.05) is 34.1 Å². The van der Waals surface area contributed by atoms with Crippen molar-refractivity contribution < 1.29 is 4.92 Å². The van der Waals surface area contributed by atoms with Crippen molar-refractivity contribution in [3.8, 4) is 0 Å². The van der Waals surface area contributed by atoms with E-state index in [1.54, 1.807) is 12.1 Å². The first-order valence-corrected chi connectivity index (χ1v) is 7.47. The molecule has 1 heterocycles. The topological polar surface area (TPSA) is 67.2 Å². The molecule has 0 bridgehead atoms. The van der Waals surface area contributed by atoms with Crippen LogP contribution in [0, 0.1) is 10.1 Å². The second-order valence-electron chi connectivity index (χ2n) is 4.90. The van der Waals surface area contributed by atoms with Gasteiger partial charge in [0.1, 0.15) is 5.69 Å². The lowest BCUT2D eigenvalue weighted by Crippen LogP contribution is -2.05. The first kappa shape index (κ1) is 13.9. The molecule has 5 nitrogen and oxygen atoms in total. The van der Waals surface area contributed by atoms with E-state index in [9.17, 15) is 10.1 Å². The van der Waals surface area contributed by atoms with Gasteiger partial charge in [-0.3, -0.25) is 10.1 Å². The quantitative estimate of drug-likeness (QED) is 0.649. The maximum atomic E-state index is 11.1. The molecule has 2 N–H and O–H groups in total. The highest BCUT2D eigenvalue weighted by Gasteiger charge is 2.16. The molecule has 0 radical (unpaired) electrons. The van der Waals surface area contributed by atoms with Gasteiger partial charge >= 0.3 is 0 Å². The van der Waals surface area contributed by atoms with E-state index in [0.717, 1.165) is 24.2 Å². The summed E-state index contributed by atoms with van der Waals surface area (Å²) >= 11 is 3.26. The average molecular weight is 348 g/mol. The summed E-state index contributed by atoms with van der Waals surface area (Å²) in [5, 5.41) is 17.6. The van der Waals surface area contributed by atoms with Gasteiger partial charge in [-0.05, 0) is 29.7 Å². The third-order valence-electron chi connectivity index (χ3n) is 3.56. The number of nitrogens with zero attached hydrogens (tertiary/aromatic N) is 1. The highest BCUT2D eigenvalue weighted by molar-refractivity contribution is 9.10. The largest absolute Gasteiger partial charge is 0.384 e. The molecule has 1 aliphatic heterocycles. The Bertz CT molecular complexity index is 703. The summed E-state index contributed by atoms with van der Waals surface area (Å²) in [5.41, 5.74) is 4.19. The highest BCUT2D eigenvalue weighted by Crippen LogP contribution is 2.30. The van der Waals surface area contributed by atoms with Crippen molar-refractivity contribution in [1.29, 1.82) is 0 Å². The Hall–Kier alpha value is -2.08. The predicted octanol–water partition coefficient (Wildman–Crippen LogP) is 3.94. The number of nitro groups is 1. The number of benzene rings is 2. The third-order valence-corrected chi connectivity index (χ3v) is 4.05. The summed E-state index contributed by atoms with van der Waals surface area (Å²) in [6.45, 7) is 1.50. The van der Waals surface area contributed by atoms with Crippen LogP contribution in [0.25, 0.3) is 0 Å². The number of rotatable bonds is 4. The zero-order valence-electron chi connectivity index (χ0n) is 11.2. The van der Waals surface area contributed by atoms with E-state index >= 15 is 0 Å². The van der Waals surface area contributed by atoms with Gasteiger partial charge in [0.2, 0.25) is 0 Å². The van der Waals surface area contributed by atoms with Crippen molar-refractivity contribution in [3.63, 3.8) is 0 Å². The zero-order valence-corrected chi connectivity index (χ0v) is 12.8. The molecule has 0 amide bonds. The number of nitro benzene ring substituents is 1. The van der Waals surface area contributed by atoms with Gasteiger partial charge in [0.05, 0.1) is 4.92 Å². The monoisotopic (exact) mass is 347 g/mol. The molecule has 0 fully saturated rings. The standard InChI is InChI=1S/C15H14BrN3O2/c16-12-4-5-13(14(8-12)19(20)21)18-9-11-3-1-2-10-6-7-17-15(10)11/h1-5,8,17-18H,6-7,9H2. The fourth-order valence-electron chi connectivity index (χ4n) is 2.55. The molecule has 0 aliphatic carbocycles. The number of anilines is 2. The molecular weight excluding hydrogens is 334 g/mol. The summed E-state index contributed by atoms with van der Waals surface area (Å²) < 4.78 is 0.696. The second-order valence-corrected chi connectivity index (χ2v) is 5.82. The number of fused-ring (bicyclic) bond motifs is 1. The van der Waals surface area contributed by atoms with E-state index in [0.29, 0.717) is 16.7 Å². The maximum Gasteiger partial charge on any atom is 0.293 e. The molecule has 0 aromatic heterocycles. The minimum Gasteiger partial charge on any atom is -0.384 e. The van der Waals surface area contributed by atoms with Gasteiger partial charge in [0.25, 0.3) is 5.69 Å². The van der Waals surface area contributed by atoms with Gasteiger partial charge < -0.3 is 10.6 Å². The predicted molar refractivity (Wildman–Crippen MR) is 86.8 cm³/mol. The summed E-state index contributed by atoms with van der Waals surface area (Å²) in [5.74, 6) is 0. The Labute approximate surface area is 130 Å². The van der Waals surface area contributed by atoms with Crippen LogP contribution in [0.15, 0.2) is 40.9 Å². The molecule has 2 aromatic carbocycles. The van der Waals surface area contributed by atoms with Crippen molar-refractivity contribution in [2.45, 2.75) is 13.0 Å². The Morgan fingerprint density at radius 1 is 1.33 bits per heavy atom. The first-order valence-electron chi connectivity index (χ1n) is 6.67. The van der Waals surface area contributed by atoms with Crippen LogP contribution < -0.4 is 10.6 Å². The van der Waals surface area contributed by atoms with Gasteiger partial charge in [-0.25, -0.2) is 0 Å². The minimum atomic E-state index is -0.374. The fourth-order valence-corrected chi connectivity index (χ4v) is 2.90. The number of para-hydroxylation sites is 1. The SMILES string of the molecule is O=[N+]([O-])c1cc(Br)ccc1NCc1cccc2c1NCC2. The van der Waals surface area contributed by atoms with E-state index in [1.165, 1.54) is 11.6 Å². The third kappa shape index (κ3) is 2.85. The summed E-state index contributed by atoms with van der Waals surface area (Å²) in [6, 6.07) is 11.2. The number of hydrogen-bond acceptors (Lipinski definition) is 4. The molecule has 3 rings (SSSR count). The van der Waals surface area contributed by atoms with Crippen molar-refractivity contribution in [3.05, 3.63) is 62.1 Å². The number of halogens is 1. The van der Waals surface area contributed by atoms with Gasteiger partial charge in [-0.15, -0.1) is 0 Å². The lowest BCUT2D eigenvalue weighted by molar-refractivity contribution is -0.384. The number of nitrogens with one attached hydrogen (secondary N) is 2. The van der Waals surface area contributed by atoms with Crippen LogP contribution in [0.2, 0.25) is 0 Å².